The third-order valence-corrected chi connectivity index (χ3v) is 15.3. The number of rotatable bonds is 12. The SMILES string of the molecule is Cc1c(CCC(O)(c2cccc(C(C)(C)C)c2)C(C)(C)C)c(C)c(CCC(O)(c2cccc(C(C)(C)C)c2)C(C)(C)C)c(C)c1CCC(O)(c1cccc(C(C)(C)C)c1)C(C)(C)C. The van der Waals surface area contributed by atoms with Crippen LogP contribution in [0.15, 0.2) is 72.8 Å². The summed E-state index contributed by atoms with van der Waals surface area (Å²) in [6.07, 6.45) is 3.76. The van der Waals surface area contributed by atoms with Gasteiger partial charge in [-0.25, -0.2) is 0 Å². The molecule has 0 aliphatic rings. The van der Waals surface area contributed by atoms with E-state index < -0.39 is 33.0 Å². The van der Waals surface area contributed by atoms with Crippen molar-refractivity contribution in [1.29, 1.82) is 0 Å². The molecule has 63 heavy (non-hydrogen) atoms. The van der Waals surface area contributed by atoms with Gasteiger partial charge in [0.25, 0.3) is 0 Å². The Morgan fingerprint density at radius 2 is 0.508 bits per heavy atom. The molecule has 348 valence electrons. The number of hydrogen-bond acceptors (Lipinski definition) is 3. The molecule has 0 radical (unpaired) electrons. The second-order valence-electron chi connectivity index (χ2n) is 25.6. The monoisotopic (exact) mass is 859 g/mol. The van der Waals surface area contributed by atoms with E-state index in [1.807, 2.05) is 0 Å². The lowest BCUT2D eigenvalue weighted by Gasteiger charge is -2.43. The molecule has 3 unspecified atom stereocenters. The second kappa shape index (κ2) is 17.9. The van der Waals surface area contributed by atoms with Crippen LogP contribution in [0.2, 0.25) is 0 Å². The molecule has 0 aromatic heterocycles. The van der Waals surface area contributed by atoms with E-state index in [1.54, 1.807) is 0 Å². The fourth-order valence-electron chi connectivity index (χ4n) is 10.0. The first kappa shape index (κ1) is 52.4. The molecule has 0 aliphatic carbocycles. The Balaban J connectivity index is 1.93. The van der Waals surface area contributed by atoms with Crippen LogP contribution in [0, 0.1) is 37.0 Å². The fourth-order valence-corrected chi connectivity index (χ4v) is 10.0. The van der Waals surface area contributed by atoms with Crippen molar-refractivity contribution < 1.29 is 15.3 Å². The first-order valence-corrected chi connectivity index (χ1v) is 24.0. The Morgan fingerprint density at radius 1 is 0.317 bits per heavy atom. The average Bonchev–Trinajstić information content (AvgIpc) is 3.15. The molecule has 0 fully saturated rings. The van der Waals surface area contributed by atoms with Gasteiger partial charge in [0.1, 0.15) is 0 Å². The van der Waals surface area contributed by atoms with Crippen LogP contribution in [0.3, 0.4) is 0 Å². The van der Waals surface area contributed by atoms with Crippen LogP contribution in [0.25, 0.3) is 0 Å². The molecule has 0 spiro atoms. The summed E-state index contributed by atoms with van der Waals surface area (Å²) in [4.78, 5) is 0. The van der Waals surface area contributed by atoms with E-state index in [9.17, 15) is 15.3 Å². The van der Waals surface area contributed by atoms with E-state index in [0.29, 0.717) is 38.5 Å². The molecule has 0 heterocycles. The minimum absolute atomic E-state index is 0.0468. The average molecular weight is 859 g/mol. The van der Waals surface area contributed by atoms with Gasteiger partial charge in [-0.3, -0.25) is 0 Å². The lowest BCUT2D eigenvalue weighted by atomic mass is 9.66. The normalized spacial score (nSPS) is 16.4. The maximum atomic E-state index is 13.0. The van der Waals surface area contributed by atoms with Gasteiger partial charge in [0.15, 0.2) is 0 Å². The van der Waals surface area contributed by atoms with E-state index in [1.165, 1.54) is 50.1 Å². The zero-order chi connectivity index (χ0) is 48.2. The molecule has 4 aromatic rings. The van der Waals surface area contributed by atoms with Gasteiger partial charge in [0.05, 0.1) is 16.8 Å². The van der Waals surface area contributed by atoms with E-state index in [0.717, 1.165) is 16.7 Å². The highest BCUT2D eigenvalue weighted by Crippen LogP contribution is 2.48. The Kier molecular flexibility index (Phi) is 14.9. The van der Waals surface area contributed by atoms with Gasteiger partial charge in [0.2, 0.25) is 0 Å². The highest BCUT2D eigenvalue weighted by Gasteiger charge is 2.45. The molecule has 0 amide bonds. The van der Waals surface area contributed by atoms with E-state index in [2.05, 4.69) is 218 Å². The largest absolute Gasteiger partial charge is 0.385 e. The first-order valence-electron chi connectivity index (χ1n) is 24.0. The Morgan fingerprint density at radius 3 is 0.683 bits per heavy atom. The number of hydrogen-bond donors (Lipinski definition) is 3. The summed E-state index contributed by atoms with van der Waals surface area (Å²) in [5.74, 6) is 0. The molecule has 3 atom stereocenters. The minimum Gasteiger partial charge on any atom is -0.385 e. The van der Waals surface area contributed by atoms with Crippen LogP contribution in [0.1, 0.15) is 211 Å². The van der Waals surface area contributed by atoms with Crippen molar-refractivity contribution in [3.8, 4) is 0 Å². The fraction of sp³-hybridized carbons (Fsp3) is 0.600. The van der Waals surface area contributed by atoms with Crippen molar-refractivity contribution in [2.45, 2.75) is 217 Å². The predicted molar refractivity (Wildman–Crippen MR) is 271 cm³/mol. The molecule has 4 aromatic carbocycles. The topological polar surface area (TPSA) is 60.7 Å². The Bertz CT molecular complexity index is 1940. The van der Waals surface area contributed by atoms with Gasteiger partial charge >= 0.3 is 0 Å². The van der Waals surface area contributed by atoms with Gasteiger partial charge in [0, 0.05) is 0 Å². The Labute approximate surface area is 386 Å². The predicted octanol–water partition coefficient (Wildman–Crippen LogP) is 15.1. The van der Waals surface area contributed by atoms with Crippen molar-refractivity contribution in [3.05, 3.63) is 140 Å². The van der Waals surface area contributed by atoms with Gasteiger partial charge in [-0.05, 0) is 159 Å². The maximum Gasteiger partial charge on any atom is 0.0947 e. The molecule has 0 aliphatic heterocycles. The van der Waals surface area contributed by atoms with Crippen LogP contribution in [0.5, 0.6) is 0 Å². The molecule has 3 nitrogen and oxygen atoms in total. The molecular weight excluding hydrogens is 769 g/mol. The lowest BCUT2D eigenvalue weighted by molar-refractivity contribution is -0.0716. The molecule has 3 N–H and O–H groups in total. The summed E-state index contributed by atoms with van der Waals surface area (Å²) in [7, 11) is 0. The van der Waals surface area contributed by atoms with Crippen LogP contribution >= 0.6 is 0 Å². The van der Waals surface area contributed by atoms with Gasteiger partial charge in [-0.15, -0.1) is 0 Å². The molecular formula is C60H90O3. The standard InChI is InChI=1S/C60H90O3/c1-40-49(31-34-58(61,55(13,14)15)46-28-22-25-43(37-46)52(4,5)6)41(2)51(33-36-60(63,57(19,20)21)48-30-24-27-45(39-48)54(10,11)12)42(3)50(40)32-35-59(62,56(16,17)18)47-29-23-26-44(38-47)53(7,8)9/h22-30,37-39,61-63H,31-36H2,1-21H3. The summed E-state index contributed by atoms with van der Waals surface area (Å²) < 4.78 is 0. The zero-order valence-electron chi connectivity index (χ0n) is 44.0. The third-order valence-electron chi connectivity index (χ3n) is 15.3. The van der Waals surface area contributed by atoms with Crippen LogP contribution in [-0.4, -0.2) is 15.3 Å². The number of benzene rings is 4. The van der Waals surface area contributed by atoms with Gasteiger partial charge in [-0.2, -0.15) is 0 Å². The zero-order valence-corrected chi connectivity index (χ0v) is 44.0. The quantitative estimate of drug-likeness (QED) is 0.133. The van der Waals surface area contributed by atoms with Crippen LogP contribution in [-0.2, 0) is 52.3 Å². The van der Waals surface area contributed by atoms with Gasteiger partial charge < -0.3 is 15.3 Å². The van der Waals surface area contributed by atoms with Crippen molar-refractivity contribution in [2.75, 3.05) is 0 Å². The summed E-state index contributed by atoms with van der Waals surface area (Å²) in [6.45, 7) is 46.3. The maximum absolute atomic E-state index is 13.0. The summed E-state index contributed by atoms with van der Waals surface area (Å²) in [5.41, 5.74) is 9.37. The Hall–Kier alpha value is -3.24. The smallest absolute Gasteiger partial charge is 0.0947 e. The highest BCUT2D eigenvalue weighted by molar-refractivity contribution is 5.52. The lowest BCUT2D eigenvalue weighted by Crippen LogP contribution is -2.41. The van der Waals surface area contributed by atoms with Crippen molar-refractivity contribution in [3.63, 3.8) is 0 Å². The molecule has 3 heteroatoms. The molecule has 4 rings (SSSR count). The van der Waals surface area contributed by atoms with Gasteiger partial charge in [-0.1, -0.05) is 197 Å². The van der Waals surface area contributed by atoms with E-state index >= 15 is 0 Å². The highest BCUT2D eigenvalue weighted by atomic mass is 16.3. The van der Waals surface area contributed by atoms with Crippen molar-refractivity contribution in [2.24, 2.45) is 16.2 Å². The number of aliphatic hydroxyl groups is 3. The van der Waals surface area contributed by atoms with Crippen molar-refractivity contribution >= 4 is 0 Å². The summed E-state index contributed by atoms with van der Waals surface area (Å²) >= 11 is 0. The van der Waals surface area contributed by atoms with Crippen LogP contribution < -0.4 is 0 Å². The van der Waals surface area contributed by atoms with E-state index in [4.69, 9.17) is 0 Å². The summed E-state index contributed by atoms with van der Waals surface area (Å²) in [6, 6.07) is 25.8. The van der Waals surface area contributed by atoms with Crippen LogP contribution in [0.4, 0.5) is 0 Å². The summed E-state index contributed by atoms with van der Waals surface area (Å²) in [5, 5.41) is 39.0. The molecule has 0 saturated heterocycles. The molecule has 0 bridgehead atoms. The second-order valence-corrected chi connectivity index (χ2v) is 25.6. The third kappa shape index (κ3) is 10.9. The van der Waals surface area contributed by atoms with Crippen molar-refractivity contribution in [1.82, 2.24) is 0 Å². The first-order chi connectivity index (χ1) is 28.4. The molecule has 0 saturated carbocycles. The minimum atomic E-state index is -1.09. The van der Waals surface area contributed by atoms with E-state index in [-0.39, 0.29) is 16.2 Å².